The number of rotatable bonds is 11. The number of hydrogen-bond acceptors (Lipinski definition) is 9. The maximum Gasteiger partial charge on any atom is 0.341 e. The first-order valence-electron chi connectivity index (χ1n) is 12.0. The summed E-state index contributed by atoms with van der Waals surface area (Å²) in [5.41, 5.74) is 1.48. The average Bonchev–Trinajstić information content (AvgIpc) is 3.57. The van der Waals surface area contributed by atoms with Crippen LogP contribution in [0.1, 0.15) is 46.9 Å². The third kappa shape index (κ3) is 6.50. The molecule has 196 valence electrons. The van der Waals surface area contributed by atoms with Gasteiger partial charge in [-0.1, -0.05) is 30.0 Å². The molecule has 37 heavy (non-hydrogen) atoms. The summed E-state index contributed by atoms with van der Waals surface area (Å²) in [6, 6.07) is 9.09. The number of carbonyl (C=O) groups is 3. The van der Waals surface area contributed by atoms with E-state index in [2.05, 4.69) is 20.8 Å². The van der Waals surface area contributed by atoms with Crippen LogP contribution in [0.4, 0.5) is 5.00 Å². The highest BCUT2D eigenvalue weighted by atomic mass is 32.2. The molecule has 1 aromatic carbocycles. The highest BCUT2D eigenvalue weighted by molar-refractivity contribution is 8.00. The van der Waals surface area contributed by atoms with Crippen LogP contribution in [-0.2, 0) is 40.8 Å². The molecule has 4 rings (SSSR count). The van der Waals surface area contributed by atoms with Crippen LogP contribution in [0.15, 0.2) is 35.5 Å². The number of carbonyl (C=O) groups excluding carboxylic acids is 3. The Morgan fingerprint density at radius 3 is 2.73 bits per heavy atom. The number of thioether (sulfide) groups is 1. The monoisotopic (exact) mass is 543 g/mol. The lowest BCUT2D eigenvalue weighted by molar-refractivity contribution is -0.123. The fourth-order valence-corrected chi connectivity index (χ4v) is 5.95. The maximum atomic E-state index is 13.0. The van der Waals surface area contributed by atoms with Crippen LogP contribution >= 0.6 is 23.1 Å². The van der Waals surface area contributed by atoms with Gasteiger partial charge in [0.05, 0.1) is 24.0 Å². The topological polar surface area (TPSA) is 124 Å². The Hall–Kier alpha value is -3.38. The number of aryl methyl sites for hydroxylation is 1. The van der Waals surface area contributed by atoms with Crippen molar-refractivity contribution in [1.29, 1.82) is 0 Å². The molecule has 2 heterocycles. The Bertz CT molecular complexity index is 1270. The van der Waals surface area contributed by atoms with Crippen molar-refractivity contribution in [3.05, 3.63) is 52.2 Å². The molecule has 2 aromatic heterocycles. The molecule has 3 aromatic rings. The second-order valence-corrected chi connectivity index (χ2v) is 10.8. The van der Waals surface area contributed by atoms with Crippen LogP contribution in [0.5, 0.6) is 5.75 Å². The van der Waals surface area contributed by atoms with Crippen molar-refractivity contribution in [1.82, 2.24) is 20.1 Å². The summed E-state index contributed by atoms with van der Waals surface area (Å²) in [5.74, 6) is 0.235. The van der Waals surface area contributed by atoms with Gasteiger partial charge in [-0.2, -0.15) is 0 Å². The lowest BCUT2D eigenvalue weighted by atomic mass is 10.1. The summed E-state index contributed by atoms with van der Waals surface area (Å²) >= 11 is 2.69. The first-order valence-corrected chi connectivity index (χ1v) is 13.7. The van der Waals surface area contributed by atoms with E-state index >= 15 is 0 Å². The summed E-state index contributed by atoms with van der Waals surface area (Å²) in [6.45, 7) is 3.87. The first-order chi connectivity index (χ1) is 17.9. The van der Waals surface area contributed by atoms with E-state index in [4.69, 9.17) is 9.47 Å². The van der Waals surface area contributed by atoms with Gasteiger partial charge in [0.2, 0.25) is 5.91 Å². The van der Waals surface area contributed by atoms with Gasteiger partial charge in [-0.25, -0.2) is 4.79 Å². The van der Waals surface area contributed by atoms with Gasteiger partial charge in [-0.05, 0) is 50.8 Å². The predicted octanol–water partition coefficient (Wildman–Crippen LogP) is 3.36. The standard InChI is InChI=1S/C25H29N5O5S2/c1-4-34-24(33)21-17-11-8-12-18(17)37-23(21)27-22(32)15(2)36-25-29-28-19(30(25)3)13-26-20(31)14-35-16-9-6-5-7-10-16/h5-7,9-10,15H,4,8,11-14H2,1-3H3,(H,26,31)(H,27,32)/t15-/m0/s1. The molecule has 10 nitrogen and oxygen atoms in total. The molecule has 2 N–H and O–H groups in total. The summed E-state index contributed by atoms with van der Waals surface area (Å²) < 4.78 is 12.4. The number of ether oxygens (including phenoxy) is 2. The molecule has 1 aliphatic carbocycles. The van der Waals surface area contributed by atoms with Crippen LogP contribution in [0.3, 0.4) is 0 Å². The molecule has 0 saturated carbocycles. The maximum absolute atomic E-state index is 13.0. The lowest BCUT2D eigenvalue weighted by Gasteiger charge is -2.12. The highest BCUT2D eigenvalue weighted by Crippen LogP contribution is 2.40. The summed E-state index contributed by atoms with van der Waals surface area (Å²) in [5, 5.41) is 14.6. The van der Waals surface area contributed by atoms with Crippen LogP contribution < -0.4 is 15.4 Å². The van der Waals surface area contributed by atoms with Crippen LogP contribution in [-0.4, -0.2) is 51.0 Å². The summed E-state index contributed by atoms with van der Waals surface area (Å²) in [6.07, 6.45) is 2.73. The third-order valence-electron chi connectivity index (χ3n) is 5.77. The van der Waals surface area contributed by atoms with E-state index < -0.39 is 11.2 Å². The van der Waals surface area contributed by atoms with Crippen LogP contribution in [0, 0.1) is 0 Å². The minimum atomic E-state index is -0.503. The van der Waals surface area contributed by atoms with Gasteiger partial charge in [0.15, 0.2) is 17.6 Å². The van der Waals surface area contributed by atoms with Crippen molar-refractivity contribution >= 4 is 45.9 Å². The molecule has 0 radical (unpaired) electrons. The van der Waals surface area contributed by atoms with E-state index in [-0.39, 0.29) is 31.6 Å². The molecule has 0 unspecified atom stereocenters. The van der Waals surface area contributed by atoms with Crippen molar-refractivity contribution in [2.75, 3.05) is 18.5 Å². The minimum Gasteiger partial charge on any atom is -0.484 e. The number of esters is 1. The zero-order chi connectivity index (χ0) is 26.4. The number of anilines is 1. The molecule has 1 atom stereocenters. The van der Waals surface area contributed by atoms with E-state index in [1.54, 1.807) is 37.6 Å². The SMILES string of the molecule is CCOC(=O)c1c(NC(=O)[C@H](C)Sc2nnc(CNC(=O)COc3ccccc3)n2C)sc2c1CCC2. The fraction of sp³-hybridized carbons (Fsp3) is 0.400. The van der Waals surface area contributed by atoms with Crippen molar-refractivity contribution < 1.29 is 23.9 Å². The van der Waals surface area contributed by atoms with E-state index in [9.17, 15) is 14.4 Å². The molecule has 0 bridgehead atoms. The second-order valence-electron chi connectivity index (χ2n) is 8.37. The van der Waals surface area contributed by atoms with Crippen LogP contribution in [0.2, 0.25) is 0 Å². The Morgan fingerprint density at radius 2 is 1.97 bits per heavy atom. The third-order valence-corrected chi connectivity index (χ3v) is 8.11. The van der Waals surface area contributed by atoms with Crippen LogP contribution in [0.25, 0.3) is 0 Å². The van der Waals surface area contributed by atoms with Crippen molar-refractivity contribution in [3.8, 4) is 5.75 Å². The van der Waals surface area contributed by atoms with Gasteiger partial charge >= 0.3 is 5.97 Å². The normalized spacial score (nSPS) is 13.1. The van der Waals surface area contributed by atoms with Gasteiger partial charge in [-0.15, -0.1) is 21.5 Å². The number of hydrogen-bond donors (Lipinski definition) is 2. The molecule has 0 aliphatic heterocycles. The van der Waals surface area contributed by atoms with Crippen molar-refractivity contribution in [2.45, 2.75) is 50.1 Å². The van der Waals surface area contributed by atoms with E-state index in [0.717, 1.165) is 29.7 Å². The quantitative estimate of drug-likeness (QED) is 0.279. The minimum absolute atomic E-state index is 0.111. The number of aromatic nitrogens is 3. The zero-order valence-electron chi connectivity index (χ0n) is 20.9. The van der Waals surface area contributed by atoms with E-state index in [0.29, 0.717) is 27.3 Å². The Labute approximate surface area is 223 Å². The van der Waals surface area contributed by atoms with E-state index in [1.165, 1.54) is 23.1 Å². The lowest BCUT2D eigenvalue weighted by Crippen LogP contribution is -2.29. The van der Waals surface area contributed by atoms with Gasteiger partial charge in [0.1, 0.15) is 10.8 Å². The molecule has 0 saturated heterocycles. The molecule has 12 heteroatoms. The average molecular weight is 544 g/mol. The molecule has 0 fully saturated rings. The molecule has 2 amide bonds. The van der Waals surface area contributed by atoms with Gasteiger partial charge < -0.3 is 24.7 Å². The summed E-state index contributed by atoms with van der Waals surface area (Å²) in [4.78, 5) is 38.8. The molecular weight excluding hydrogens is 514 g/mol. The van der Waals surface area contributed by atoms with Gasteiger partial charge in [0.25, 0.3) is 5.91 Å². The summed E-state index contributed by atoms with van der Waals surface area (Å²) in [7, 11) is 1.78. The molecule has 0 spiro atoms. The highest BCUT2D eigenvalue weighted by Gasteiger charge is 2.29. The van der Waals surface area contributed by atoms with Gasteiger partial charge in [0, 0.05) is 11.9 Å². The zero-order valence-corrected chi connectivity index (χ0v) is 22.5. The van der Waals surface area contributed by atoms with Gasteiger partial charge in [-0.3, -0.25) is 9.59 Å². The van der Waals surface area contributed by atoms with E-state index in [1.807, 2.05) is 18.2 Å². The second kappa shape index (κ2) is 12.2. The smallest absolute Gasteiger partial charge is 0.341 e. The van der Waals surface area contributed by atoms with Crippen molar-refractivity contribution in [3.63, 3.8) is 0 Å². The number of para-hydroxylation sites is 1. The number of thiophene rings is 1. The number of nitrogens with zero attached hydrogens (tertiary/aromatic N) is 3. The van der Waals surface area contributed by atoms with Crippen molar-refractivity contribution in [2.24, 2.45) is 7.05 Å². The Morgan fingerprint density at radius 1 is 1.19 bits per heavy atom. The Kier molecular flexibility index (Phi) is 8.82. The molecule has 1 aliphatic rings. The largest absolute Gasteiger partial charge is 0.484 e. The fourth-order valence-electron chi connectivity index (χ4n) is 3.83. The first kappa shape index (κ1) is 26.7. The number of nitrogens with one attached hydrogen (secondary N) is 2. The number of fused-ring (bicyclic) bond motifs is 1. The molecular formula is C25H29N5O5S2. The number of amides is 2. The Balaban J connectivity index is 1.32. The predicted molar refractivity (Wildman–Crippen MR) is 141 cm³/mol. The number of benzene rings is 1.